The van der Waals surface area contributed by atoms with E-state index in [1.54, 1.807) is 19.1 Å². The van der Waals surface area contributed by atoms with Gasteiger partial charge in [0.25, 0.3) is 5.91 Å². The molecule has 0 saturated heterocycles. The van der Waals surface area contributed by atoms with Crippen molar-refractivity contribution in [2.24, 2.45) is 10.2 Å². The normalized spacial score (nSPS) is 11.7. The van der Waals surface area contributed by atoms with E-state index in [1.165, 1.54) is 33.3 Å². The summed E-state index contributed by atoms with van der Waals surface area (Å²) in [6, 6.07) is 4.67. The van der Waals surface area contributed by atoms with Gasteiger partial charge in [0.2, 0.25) is 6.04 Å². The Labute approximate surface area is 202 Å². The molecule has 9 nitrogen and oxygen atoms in total. The van der Waals surface area contributed by atoms with Crippen LogP contribution in [0.4, 0.5) is 11.4 Å². The Kier molecular flexibility index (Phi) is 9.74. The number of halogens is 2. The van der Waals surface area contributed by atoms with Crippen LogP contribution >= 0.6 is 23.2 Å². The minimum Gasteiger partial charge on any atom is -0.495 e. The van der Waals surface area contributed by atoms with Crippen LogP contribution in [0, 0.1) is 0 Å². The molecule has 0 spiro atoms. The Morgan fingerprint density at radius 2 is 1.61 bits per heavy atom. The monoisotopic (exact) mass is 497 g/mol. The topological polar surface area (TPSA) is 108 Å². The Balaban J connectivity index is 2.36. The summed E-state index contributed by atoms with van der Waals surface area (Å²) in [7, 11) is 2.87. The summed E-state index contributed by atoms with van der Waals surface area (Å²) in [5.41, 5.74) is 0.412. The second-order valence-electron chi connectivity index (χ2n) is 6.52. The lowest BCUT2D eigenvalue weighted by atomic mass is 10.2. The van der Waals surface area contributed by atoms with Gasteiger partial charge in [-0.2, -0.15) is 5.11 Å². The molecule has 0 aliphatic rings. The molecule has 0 aromatic heterocycles. The number of nitrogens with zero attached hydrogens (tertiary/aromatic N) is 2. The number of ketones is 1. The maximum Gasteiger partial charge on any atom is 0.258 e. The third-order valence-electron chi connectivity index (χ3n) is 4.25. The van der Waals surface area contributed by atoms with Gasteiger partial charge in [-0.25, -0.2) is 0 Å². The van der Waals surface area contributed by atoms with Gasteiger partial charge in [-0.05, 0) is 26.8 Å². The first-order valence-corrected chi connectivity index (χ1v) is 10.7. The number of anilines is 1. The number of ether oxygens (including phenoxy) is 4. The lowest BCUT2D eigenvalue weighted by molar-refractivity contribution is -0.126. The molecule has 0 fully saturated rings. The zero-order valence-corrected chi connectivity index (χ0v) is 20.4. The number of azo groups is 1. The van der Waals surface area contributed by atoms with Crippen LogP contribution in [0.2, 0.25) is 10.0 Å². The van der Waals surface area contributed by atoms with Gasteiger partial charge in [0.1, 0.15) is 22.9 Å². The van der Waals surface area contributed by atoms with Crippen LogP contribution < -0.4 is 24.3 Å². The zero-order chi connectivity index (χ0) is 24.5. The van der Waals surface area contributed by atoms with Crippen molar-refractivity contribution in [2.75, 3.05) is 32.8 Å². The van der Waals surface area contributed by atoms with Crippen LogP contribution in [-0.2, 0) is 9.59 Å². The molecule has 0 aliphatic carbocycles. The molecule has 0 bridgehead atoms. The molecule has 11 heteroatoms. The third kappa shape index (κ3) is 6.72. The van der Waals surface area contributed by atoms with Crippen LogP contribution in [0.3, 0.4) is 0 Å². The third-order valence-corrected chi connectivity index (χ3v) is 4.83. The van der Waals surface area contributed by atoms with Crippen molar-refractivity contribution < 1.29 is 28.5 Å². The first kappa shape index (κ1) is 26.2. The van der Waals surface area contributed by atoms with Crippen molar-refractivity contribution in [2.45, 2.75) is 26.8 Å². The van der Waals surface area contributed by atoms with Crippen LogP contribution in [0.1, 0.15) is 20.8 Å². The summed E-state index contributed by atoms with van der Waals surface area (Å²) >= 11 is 12.5. The maximum absolute atomic E-state index is 12.8. The van der Waals surface area contributed by atoms with Crippen molar-refractivity contribution >= 4 is 46.3 Å². The van der Waals surface area contributed by atoms with Crippen LogP contribution in [0.15, 0.2) is 34.5 Å². The molecule has 1 amide bonds. The average Bonchev–Trinajstić information content (AvgIpc) is 2.76. The number of rotatable bonds is 11. The molecule has 178 valence electrons. The van der Waals surface area contributed by atoms with Crippen LogP contribution in [0.25, 0.3) is 0 Å². The molecule has 2 rings (SSSR count). The minimum absolute atomic E-state index is 0.172. The van der Waals surface area contributed by atoms with Crippen molar-refractivity contribution in [1.82, 2.24) is 0 Å². The van der Waals surface area contributed by atoms with E-state index in [0.29, 0.717) is 30.5 Å². The van der Waals surface area contributed by atoms with Gasteiger partial charge < -0.3 is 24.3 Å². The lowest BCUT2D eigenvalue weighted by Crippen LogP contribution is -2.32. The Hall–Kier alpha value is -3.04. The highest BCUT2D eigenvalue weighted by Gasteiger charge is 2.25. The van der Waals surface area contributed by atoms with Gasteiger partial charge in [-0.3, -0.25) is 9.59 Å². The Bertz CT molecular complexity index is 1050. The molecule has 2 aromatic rings. The molecule has 1 unspecified atom stereocenters. The molecule has 1 atom stereocenters. The molecule has 0 saturated carbocycles. The van der Waals surface area contributed by atoms with Crippen molar-refractivity contribution in [3.8, 4) is 23.0 Å². The first-order chi connectivity index (χ1) is 15.7. The van der Waals surface area contributed by atoms with E-state index in [9.17, 15) is 9.59 Å². The van der Waals surface area contributed by atoms with E-state index in [0.717, 1.165) is 0 Å². The molecule has 2 aromatic carbocycles. The summed E-state index contributed by atoms with van der Waals surface area (Å²) < 4.78 is 21.4. The standard InChI is InChI=1S/C22H25Cl2N3O6/c1-6-32-13-8-15(24)21(19(9-13)33-7-2)27-26-20(12(3)28)22(29)25-16-10-14(23)17(30-4)11-18(16)31-5/h8-11,20H,6-7H2,1-5H3,(H,25,29). The SMILES string of the molecule is CCOc1cc(Cl)c(N=NC(C(C)=O)C(=O)Nc2cc(Cl)c(OC)cc2OC)c(OCC)c1. The fourth-order valence-corrected chi connectivity index (χ4v) is 3.23. The van der Waals surface area contributed by atoms with Gasteiger partial charge in [0.15, 0.2) is 11.5 Å². The van der Waals surface area contributed by atoms with Gasteiger partial charge in [-0.1, -0.05) is 23.2 Å². The van der Waals surface area contributed by atoms with Crippen molar-refractivity contribution in [1.29, 1.82) is 0 Å². The van der Waals surface area contributed by atoms with Gasteiger partial charge in [0, 0.05) is 18.2 Å². The summed E-state index contributed by atoms with van der Waals surface area (Å²) in [6.45, 7) is 5.63. The van der Waals surface area contributed by atoms with Crippen LogP contribution in [0.5, 0.6) is 23.0 Å². The number of amides is 1. The van der Waals surface area contributed by atoms with E-state index in [-0.39, 0.29) is 27.2 Å². The molecule has 0 radical (unpaired) electrons. The second-order valence-corrected chi connectivity index (χ2v) is 7.34. The predicted octanol–water partition coefficient (Wildman–Crippen LogP) is 5.49. The number of hydrogen-bond acceptors (Lipinski definition) is 8. The summed E-state index contributed by atoms with van der Waals surface area (Å²) in [6.07, 6.45) is 0. The average molecular weight is 498 g/mol. The largest absolute Gasteiger partial charge is 0.495 e. The van der Waals surface area contributed by atoms with E-state index >= 15 is 0 Å². The number of hydrogen-bond donors (Lipinski definition) is 1. The van der Waals surface area contributed by atoms with Crippen molar-refractivity contribution in [3.63, 3.8) is 0 Å². The minimum atomic E-state index is -1.45. The smallest absolute Gasteiger partial charge is 0.258 e. The summed E-state index contributed by atoms with van der Waals surface area (Å²) in [5, 5.41) is 11.0. The predicted molar refractivity (Wildman–Crippen MR) is 126 cm³/mol. The summed E-state index contributed by atoms with van der Waals surface area (Å²) in [5.74, 6) is 0.193. The molecular weight excluding hydrogens is 473 g/mol. The maximum atomic E-state index is 12.8. The van der Waals surface area contributed by atoms with Gasteiger partial charge in [0.05, 0.1) is 43.2 Å². The number of nitrogens with one attached hydrogen (secondary N) is 1. The highest BCUT2D eigenvalue weighted by molar-refractivity contribution is 6.33. The molecule has 1 N–H and O–H groups in total. The zero-order valence-electron chi connectivity index (χ0n) is 18.9. The van der Waals surface area contributed by atoms with Gasteiger partial charge >= 0.3 is 0 Å². The quantitative estimate of drug-likeness (QED) is 0.324. The number of Topliss-reactive ketones (excluding diaryl/α,β-unsaturated/α-hetero) is 1. The molecular formula is C22H25Cl2N3O6. The first-order valence-electron chi connectivity index (χ1n) is 9.98. The van der Waals surface area contributed by atoms with Crippen molar-refractivity contribution in [3.05, 3.63) is 34.3 Å². The second kappa shape index (κ2) is 12.3. The highest BCUT2D eigenvalue weighted by Crippen LogP contribution is 2.40. The van der Waals surface area contributed by atoms with Crippen LogP contribution in [-0.4, -0.2) is 45.2 Å². The molecule has 33 heavy (non-hydrogen) atoms. The van der Waals surface area contributed by atoms with E-state index in [1.807, 2.05) is 6.92 Å². The number of benzene rings is 2. The number of carbonyl (C=O) groups is 2. The van der Waals surface area contributed by atoms with E-state index < -0.39 is 17.7 Å². The van der Waals surface area contributed by atoms with E-state index in [2.05, 4.69) is 15.5 Å². The fourth-order valence-electron chi connectivity index (χ4n) is 2.76. The van der Waals surface area contributed by atoms with Gasteiger partial charge in [-0.15, -0.1) is 5.11 Å². The number of carbonyl (C=O) groups excluding carboxylic acids is 2. The Morgan fingerprint density at radius 1 is 0.939 bits per heavy atom. The lowest BCUT2D eigenvalue weighted by Gasteiger charge is -2.15. The molecule has 0 heterocycles. The van der Waals surface area contributed by atoms with E-state index in [4.69, 9.17) is 42.1 Å². The highest BCUT2D eigenvalue weighted by atomic mass is 35.5. The fraction of sp³-hybridized carbons (Fsp3) is 0.364. The molecule has 0 aliphatic heterocycles. The number of methoxy groups -OCH3 is 2. The summed E-state index contributed by atoms with van der Waals surface area (Å²) in [4.78, 5) is 25.0. The Morgan fingerprint density at radius 3 is 2.18 bits per heavy atom.